The average molecular weight is 279 g/mol. The third-order valence-electron chi connectivity index (χ3n) is 2.40. The van der Waals surface area contributed by atoms with Crippen molar-refractivity contribution >= 4 is 17.7 Å². The Morgan fingerprint density at radius 1 is 1.35 bits per heavy atom. The number of rotatable bonds is 4. The van der Waals surface area contributed by atoms with Gasteiger partial charge < -0.3 is 20.3 Å². The number of aromatic carboxylic acids is 1. The van der Waals surface area contributed by atoms with Gasteiger partial charge in [0.2, 0.25) is 0 Å². The van der Waals surface area contributed by atoms with Crippen molar-refractivity contribution in [3.8, 4) is 0 Å². The third kappa shape index (κ3) is 3.10. The number of para-hydroxylation sites is 1. The molecule has 1 heterocycles. The van der Waals surface area contributed by atoms with Crippen LogP contribution in [-0.2, 0) is 6.54 Å². The molecule has 0 bridgehead atoms. The maximum absolute atomic E-state index is 13.6. The maximum Gasteiger partial charge on any atom is 0.337 e. The third-order valence-corrected chi connectivity index (χ3v) is 2.40. The van der Waals surface area contributed by atoms with Crippen molar-refractivity contribution in [3.63, 3.8) is 0 Å². The van der Waals surface area contributed by atoms with E-state index >= 15 is 0 Å². The summed E-state index contributed by atoms with van der Waals surface area (Å²) in [5, 5.41) is 17.0. The molecule has 1 aromatic heterocycles. The fourth-order valence-electron chi connectivity index (χ4n) is 1.49. The average Bonchev–Trinajstić information content (AvgIpc) is 2.91. The lowest BCUT2D eigenvalue weighted by Crippen LogP contribution is -2.29. The highest BCUT2D eigenvalue weighted by Crippen LogP contribution is 2.19. The van der Waals surface area contributed by atoms with Crippen molar-refractivity contribution in [1.29, 1.82) is 0 Å². The lowest BCUT2D eigenvalue weighted by molar-refractivity contribution is 0.0697. The van der Waals surface area contributed by atoms with Crippen LogP contribution in [0.15, 0.2) is 35.1 Å². The second-order valence-corrected chi connectivity index (χ2v) is 3.77. The van der Waals surface area contributed by atoms with Crippen LogP contribution in [0.2, 0.25) is 0 Å². The van der Waals surface area contributed by atoms with Gasteiger partial charge in [-0.1, -0.05) is 11.2 Å². The zero-order chi connectivity index (χ0) is 14.5. The number of carboxylic acid groups (broad SMARTS) is 1. The van der Waals surface area contributed by atoms with Gasteiger partial charge in [-0.25, -0.2) is 14.0 Å². The molecule has 7 nitrogen and oxygen atoms in total. The van der Waals surface area contributed by atoms with Gasteiger partial charge in [-0.15, -0.1) is 0 Å². The Labute approximate surface area is 112 Å². The van der Waals surface area contributed by atoms with Crippen LogP contribution < -0.4 is 10.6 Å². The second-order valence-electron chi connectivity index (χ2n) is 3.77. The molecule has 20 heavy (non-hydrogen) atoms. The van der Waals surface area contributed by atoms with Crippen LogP contribution in [0.4, 0.5) is 14.9 Å². The molecule has 2 rings (SSSR count). The van der Waals surface area contributed by atoms with Crippen LogP contribution in [0.25, 0.3) is 0 Å². The van der Waals surface area contributed by atoms with Gasteiger partial charge in [0.15, 0.2) is 0 Å². The molecular weight excluding hydrogens is 269 g/mol. The van der Waals surface area contributed by atoms with Crippen LogP contribution in [0.1, 0.15) is 16.1 Å². The largest absolute Gasteiger partial charge is 0.478 e. The first-order chi connectivity index (χ1) is 9.58. The molecule has 2 amide bonds. The molecule has 8 heteroatoms. The molecular formula is C12H10FN3O4. The standard InChI is InChI=1S/C12H10FN3O4/c13-9-3-1-2-8(11(17)18)10(9)15-12(19)14-6-7-4-5-20-16-7/h1-5H,6H2,(H,17,18)(H2,14,15,19). The van der Waals surface area contributed by atoms with E-state index in [1.54, 1.807) is 6.07 Å². The van der Waals surface area contributed by atoms with Gasteiger partial charge in [0, 0.05) is 6.07 Å². The van der Waals surface area contributed by atoms with E-state index in [9.17, 15) is 14.0 Å². The number of carboxylic acids is 1. The van der Waals surface area contributed by atoms with Crippen molar-refractivity contribution in [1.82, 2.24) is 10.5 Å². The molecule has 0 unspecified atom stereocenters. The Hall–Kier alpha value is -2.90. The summed E-state index contributed by atoms with van der Waals surface area (Å²) in [4.78, 5) is 22.5. The van der Waals surface area contributed by atoms with Crippen LogP contribution in [0.3, 0.4) is 0 Å². The lowest BCUT2D eigenvalue weighted by atomic mass is 10.1. The Kier molecular flexibility index (Phi) is 3.94. The monoisotopic (exact) mass is 279 g/mol. The Bertz CT molecular complexity index is 628. The maximum atomic E-state index is 13.6. The number of amides is 2. The van der Waals surface area contributed by atoms with E-state index < -0.39 is 23.5 Å². The van der Waals surface area contributed by atoms with E-state index in [1.165, 1.54) is 18.4 Å². The second kappa shape index (κ2) is 5.83. The number of nitrogens with one attached hydrogen (secondary N) is 2. The molecule has 0 aliphatic carbocycles. The smallest absolute Gasteiger partial charge is 0.337 e. The minimum absolute atomic E-state index is 0.0686. The van der Waals surface area contributed by atoms with Crippen molar-refractivity contribution in [2.45, 2.75) is 6.54 Å². The topological polar surface area (TPSA) is 104 Å². The van der Waals surface area contributed by atoms with Gasteiger partial charge in [0.25, 0.3) is 0 Å². The van der Waals surface area contributed by atoms with Crippen LogP contribution in [-0.4, -0.2) is 22.3 Å². The lowest BCUT2D eigenvalue weighted by Gasteiger charge is -2.10. The summed E-state index contributed by atoms with van der Waals surface area (Å²) in [6, 6.07) is 4.29. The summed E-state index contributed by atoms with van der Waals surface area (Å²) in [6.07, 6.45) is 1.34. The summed E-state index contributed by atoms with van der Waals surface area (Å²) in [7, 11) is 0. The molecule has 0 radical (unpaired) electrons. The zero-order valence-corrected chi connectivity index (χ0v) is 10.1. The van der Waals surface area contributed by atoms with E-state index in [-0.39, 0.29) is 12.1 Å². The van der Waals surface area contributed by atoms with Gasteiger partial charge in [-0.2, -0.15) is 0 Å². The zero-order valence-electron chi connectivity index (χ0n) is 10.1. The first-order valence-corrected chi connectivity index (χ1v) is 5.54. The summed E-state index contributed by atoms with van der Waals surface area (Å²) < 4.78 is 18.1. The molecule has 0 fully saturated rings. The molecule has 0 aliphatic rings. The van der Waals surface area contributed by atoms with Gasteiger partial charge >= 0.3 is 12.0 Å². The van der Waals surface area contributed by atoms with Gasteiger partial charge in [0.05, 0.1) is 17.8 Å². The van der Waals surface area contributed by atoms with Gasteiger partial charge in [0.1, 0.15) is 17.8 Å². The molecule has 1 aromatic carbocycles. The SMILES string of the molecule is O=C(NCc1ccon1)Nc1c(F)cccc1C(=O)O. The molecule has 0 atom stereocenters. The summed E-state index contributed by atoms with van der Waals surface area (Å²) >= 11 is 0. The van der Waals surface area contributed by atoms with Crippen LogP contribution >= 0.6 is 0 Å². The van der Waals surface area contributed by atoms with E-state index in [1.807, 2.05) is 0 Å². The number of anilines is 1. The van der Waals surface area contributed by atoms with E-state index in [0.717, 1.165) is 6.07 Å². The minimum atomic E-state index is -1.34. The van der Waals surface area contributed by atoms with Crippen LogP contribution in [0.5, 0.6) is 0 Å². The molecule has 2 aromatic rings. The molecule has 104 valence electrons. The van der Waals surface area contributed by atoms with Crippen molar-refractivity contribution in [2.75, 3.05) is 5.32 Å². The summed E-state index contributed by atoms with van der Waals surface area (Å²) in [6.45, 7) is 0.0686. The number of benzene rings is 1. The van der Waals surface area contributed by atoms with Crippen LogP contribution in [0, 0.1) is 5.82 Å². The summed E-state index contributed by atoms with van der Waals surface area (Å²) in [5.41, 5.74) is -0.244. The molecule has 0 spiro atoms. The van der Waals surface area contributed by atoms with Gasteiger partial charge in [-0.3, -0.25) is 0 Å². The molecule has 0 saturated carbocycles. The number of hydrogen-bond acceptors (Lipinski definition) is 4. The van der Waals surface area contributed by atoms with Crippen molar-refractivity contribution in [2.24, 2.45) is 0 Å². The molecule has 0 aliphatic heterocycles. The number of urea groups is 1. The number of hydrogen-bond donors (Lipinski definition) is 3. The predicted octanol–water partition coefficient (Wildman–Crippen LogP) is 1.83. The number of carbonyl (C=O) groups excluding carboxylic acids is 1. The Morgan fingerprint density at radius 2 is 2.15 bits per heavy atom. The Balaban J connectivity index is 2.06. The van der Waals surface area contributed by atoms with Crippen molar-refractivity contribution in [3.05, 3.63) is 47.6 Å². The van der Waals surface area contributed by atoms with Crippen molar-refractivity contribution < 1.29 is 23.6 Å². The predicted molar refractivity (Wildman–Crippen MR) is 65.7 cm³/mol. The highest BCUT2D eigenvalue weighted by atomic mass is 19.1. The minimum Gasteiger partial charge on any atom is -0.478 e. The first kappa shape index (κ1) is 13.5. The highest BCUT2D eigenvalue weighted by molar-refractivity contribution is 6.00. The first-order valence-electron chi connectivity index (χ1n) is 5.54. The Morgan fingerprint density at radius 3 is 2.80 bits per heavy atom. The fraction of sp³-hybridized carbons (Fsp3) is 0.0833. The number of halogens is 1. The molecule has 3 N–H and O–H groups in total. The quantitative estimate of drug-likeness (QED) is 0.792. The normalized spacial score (nSPS) is 10.1. The highest BCUT2D eigenvalue weighted by Gasteiger charge is 2.16. The number of nitrogens with zero attached hydrogens (tertiary/aromatic N) is 1. The fourth-order valence-corrected chi connectivity index (χ4v) is 1.49. The van der Waals surface area contributed by atoms with E-state index in [2.05, 4.69) is 20.3 Å². The molecule has 0 saturated heterocycles. The van der Waals surface area contributed by atoms with E-state index in [4.69, 9.17) is 5.11 Å². The van der Waals surface area contributed by atoms with Gasteiger partial charge in [-0.05, 0) is 12.1 Å². The summed E-state index contributed by atoms with van der Waals surface area (Å²) in [5.74, 6) is -2.17. The number of carbonyl (C=O) groups is 2. The number of aromatic nitrogens is 1. The van der Waals surface area contributed by atoms with E-state index in [0.29, 0.717) is 5.69 Å².